The molecule has 2 aliphatic rings. The first-order valence-corrected chi connectivity index (χ1v) is 9.83. The lowest BCUT2D eigenvalue weighted by Gasteiger charge is -2.32. The number of ether oxygens (including phenoxy) is 1. The predicted molar refractivity (Wildman–Crippen MR) is 103 cm³/mol. The first-order chi connectivity index (χ1) is 11.7. The van der Waals surface area contributed by atoms with Gasteiger partial charge in [-0.1, -0.05) is 0 Å². The van der Waals surface area contributed by atoms with Crippen LogP contribution < -0.4 is 10.6 Å². The van der Waals surface area contributed by atoms with Gasteiger partial charge in [0.2, 0.25) is 0 Å². The third kappa shape index (κ3) is 6.37. The van der Waals surface area contributed by atoms with Crippen LogP contribution in [0.4, 0.5) is 13.2 Å². The lowest BCUT2D eigenvalue weighted by molar-refractivity contribution is -0.0494. The molecule has 0 radical (unpaired) electrons. The smallest absolute Gasteiger partial charge is 0.378 e. The van der Waals surface area contributed by atoms with Crippen molar-refractivity contribution in [3.8, 4) is 0 Å². The fraction of sp³-hybridized carbons (Fsp3) is 0.929. The van der Waals surface area contributed by atoms with Gasteiger partial charge in [0.15, 0.2) is 5.96 Å². The predicted octanol–water partition coefficient (Wildman–Crippen LogP) is 1.65. The summed E-state index contributed by atoms with van der Waals surface area (Å²) < 4.78 is 66.5. The summed E-state index contributed by atoms with van der Waals surface area (Å²) in [5.41, 5.74) is -5.24. The number of halogens is 4. The van der Waals surface area contributed by atoms with E-state index in [1.54, 1.807) is 7.05 Å². The van der Waals surface area contributed by atoms with E-state index in [1.165, 1.54) is 0 Å². The SMILES string of the molecule is CN=C(NCCC1CCCO1)NC1CCN(S(=O)(=O)C(F)(F)F)CC1.I. The van der Waals surface area contributed by atoms with Crippen molar-refractivity contribution in [2.45, 2.75) is 49.8 Å². The molecule has 1 atom stereocenters. The number of hydrogen-bond acceptors (Lipinski definition) is 4. The lowest BCUT2D eigenvalue weighted by atomic mass is 10.1. The second-order valence-electron chi connectivity index (χ2n) is 6.19. The van der Waals surface area contributed by atoms with E-state index in [0.29, 0.717) is 29.7 Å². The van der Waals surface area contributed by atoms with E-state index in [4.69, 9.17) is 4.74 Å². The Hall–Kier alpha value is -0.340. The van der Waals surface area contributed by atoms with Gasteiger partial charge in [-0.15, -0.1) is 24.0 Å². The van der Waals surface area contributed by atoms with E-state index >= 15 is 0 Å². The van der Waals surface area contributed by atoms with E-state index in [-0.39, 0.29) is 49.2 Å². The van der Waals surface area contributed by atoms with Crippen molar-refractivity contribution in [2.24, 2.45) is 4.99 Å². The number of nitrogens with zero attached hydrogens (tertiary/aromatic N) is 2. The molecule has 0 amide bonds. The van der Waals surface area contributed by atoms with Gasteiger partial charge in [0, 0.05) is 39.3 Å². The minimum Gasteiger partial charge on any atom is -0.378 e. The van der Waals surface area contributed by atoms with E-state index < -0.39 is 15.5 Å². The Balaban J connectivity index is 0.00000338. The number of guanidine groups is 1. The van der Waals surface area contributed by atoms with Gasteiger partial charge in [0.25, 0.3) is 0 Å². The molecule has 0 saturated carbocycles. The van der Waals surface area contributed by atoms with Crippen LogP contribution in [0.5, 0.6) is 0 Å². The van der Waals surface area contributed by atoms with Crippen LogP contribution in [0.1, 0.15) is 32.1 Å². The van der Waals surface area contributed by atoms with Gasteiger partial charge < -0.3 is 15.4 Å². The van der Waals surface area contributed by atoms with Crippen molar-refractivity contribution < 1.29 is 26.3 Å². The number of nitrogens with one attached hydrogen (secondary N) is 2. The van der Waals surface area contributed by atoms with Gasteiger partial charge >= 0.3 is 15.5 Å². The zero-order valence-corrected chi connectivity index (χ0v) is 17.7. The maximum absolute atomic E-state index is 12.6. The number of sulfonamides is 1. The summed E-state index contributed by atoms with van der Waals surface area (Å²) >= 11 is 0. The first kappa shape index (κ1) is 23.7. The van der Waals surface area contributed by atoms with Gasteiger partial charge in [-0.05, 0) is 32.1 Å². The van der Waals surface area contributed by atoms with Crippen molar-refractivity contribution in [1.29, 1.82) is 0 Å². The number of aliphatic imine (C=N–C) groups is 1. The van der Waals surface area contributed by atoms with Crippen LogP contribution in [0, 0.1) is 0 Å². The Labute approximate surface area is 169 Å². The molecule has 2 fully saturated rings. The van der Waals surface area contributed by atoms with Crippen molar-refractivity contribution >= 4 is 40.0 Å². The number of piperidine rings is 1. The Morgan fingerprint density at radius 2 is 1.92 bits per heavy atom. The fourth-order valence-corrected chi connectivity index (χ4v) is 3.98. The van der Waals surface area contributed by atoms with Crippen LogP contribution >= 0.6 is 24.0 Å². The highest BCUT2D eigenvalue weighted by molar-refractivity contribution is 14.0. The second-order valence-corrected chi connectivity index (χ2v) is 8.12. The Morgan fingerprint density at radius 3 is 2.42 bits per heavy atom. The van der Waals surface area contributed by atoms with Crippen molar-refractivity contribution in [2.75, 3.05) is 33.3 Å². The molecule has 0 aliphatic carbocycles. The van der Waals surface area contributed by atoms with Gasteiger partial charge in [-0.2, -0.15) is 17.5 Å². The minimum absolute atomic E-state index is 0. The molecule has 2 aliphatic heterocycles. The molecule has 7 nitrogen and oxygen atoms in total. The van der Waals surface area contributed by atoms with Crippen molar-refractivity contribution in [3.63, 3.8) is 0 Å². The molecular formula is C14H26F3IN4O3S. The standard InChI is InChI=1S/C14H25F3N4O3S.HI/c1-18-13(19-7-4-12-3-2-10-24-12)20-11-5-8-21(9-6-11)25(22,23)14(15,16)17;/h11-12H,2-10H2,1H3,(H2,18,19,20);1H. The number of rotatable bonds is 5. The second kappa shape index (κ2) is 10.3. The molecule has 2 N–H and O–H groups in total. The largest absolute Gasteiger partial charge is 0.511 e. The van der Waals surface area contributed by atoms with E-state index in [9.17, 15) is 21.6 Å². The van der Waals surface area contributed by atoms with Crippen molar-refractivity contribution in [1.82, 2.24) is 14.9 Å². The topological polar surface area (TPSA) is 83.0 Å². The number of alkyl halides is 3. The van der Waals surface area contributed by atoms with Gasteiger partial charge in [-0.3, -0.25) is 4.99 Å². The highest BCUT2D eigenvalue weighted by atomic mass is 127. The number of hydrogen-bond donors (Lipinski definition) is 2. The molecule has 0 bridgehead atoms. The van der Waals surface area contributed by atoms with Crippen LogP contribution in [0.25, 0.3) is 0 Å². The monoisotopic (exact) mass is 514 g/mol. The maximum Gasteiger partial charge on any atom is 0.511 e. The normalized spacial score (nSPS) is 23.5. The molecule has 1 unspecified atom stereocenters. The van der Waals surface area contributed by atoms with E-state index in [0.717, 1.165) is 25.9 Å². The van der Waals surface area contributed by atoms with Crippen LogP contribution in [-0.2, 0) is 14.8 Å². The minimum atomic E-state index is -5.24. The average Bonchev–Trinajstić information content (AvgIpc) is 3.06. The molecule has 2 heterocycles. The quantitative estimate of drug-likeness (QED) is 0.332. The van der Waals surface area contributed by atoms with Gasteiger partial charge in [0.05, 0.1) is 6.10 Å². The molecule has 0 spiro atoms. The molecule has 154 valence electrons. The van der Waals surface area contributed by atoms with Gasteiger partial charge in [-0.25, -0.2) is 8.42 Å². The van der Waals surface area contributed by atoms with Crippen LogP contribution in [-0.4, -0.2) is 69.6 Å². The Bertz CT molecular complexity index is 560. The third-order valence-corrected chi connectivity index (χ3v) is 6.06. The summed E-state index contributed by atoms with van der Waals surface area (Å²) in [6.07, 6.45) is 3.85. The molecule has 2 rings (SSSR count). The van der Waals surface area contributed by atoms with Gasteiger partial charge in [0.1, 0.15) is 0 Å². The van der Waals surface area contributed by atoms with Crippen LogP contribution in [0.2, 0.25) is 0 Å². The molecule has 0 aromatic rings. The van der Waals surface area contributed by atoms with E-state index in [2.05, 4.69) is 15.6 Å². The van der Waals surface area contributed by atoms with Crippen LogP contribution in [0.15, 0.2) is 4.99 Å². The molecule has 0 aromatic heterocycles. The summed E-state index contributed by atoms with van der Waals surface area (Å²) in [6.45, 7) is 1.17. The summed E-state index contributed by atoms with van der Waals surface area (Å²) in [5, 5.41) is 6.29. The fourth-order valence-electron chi connectivity index (χ4n) is 3.00. The maximum atomic E-state index is 12.6. The summed E-state index contributed by atoms with van der Waals surface area (Å²) in [7, 11) is -3.62. The third-order valence-electron chi connectivity index (χ3n) is 4.43. The summed E-state index contributed by atoms with van der Waals surface area (Å²) in [5.74, 6) is 0.565. The highest BCUT2D eigenvalue weighted by Gasteiger charge is 2.50. The van der Waals surface area contributed by atoms with Crippen molar-refractivity contribution in [3.05, 3.63) is 0 Å². The lowest BCUT2D eigenvalue weighted by Crippen LogP contribution is -2.51. The van der Waals surface area contributed by atoms with E-state index in [1.807, 2.05) is 0 Å². The van der Waals surface area contributed by atoms with Crippen LogP contribution in [0.3, 0.4) is 0 Å². The zero-order valence-electron chi connectivity index (χ0n) is 14.6. The molecular weight excluding hydrogens is 488 g/mol. The molecule has 26 heavy (non-hydrogen) atoms. The molecule has 12 heteroatoms. The average molecular weight is 514 g/mol. The highest BCUT2D eigenvalue weighted by Crippen LogP contribution is 2.28. The summed E-state index contributed by atoms with van der Waals surface area (Å²) in [6, 6.07) is -0.117. The summed E-state index contributed by atoms with van der Waals surface area (Å²) in [4.78, 5) is 4.10. The Kier molecular flexibility index (Phi) is 9.36. The molecule has 0 aromatic carbocycles. The first-order valence-electron chi connectivity index (χ1n) is 8.39. The Morgan fingerprint density at radius 1 is 1.27 bits per heavy atom. The molecule has 2 saturated heterocycles. The zero-order chi connectivity index (χ0) is 18.5.